The van der Waals surface area contributed by atoms with Crippen molar-refractivity contribution in [2.75, 3.05) is 5.32 Å². The van der Waals surface area contributed by atoms with Crippen LogP contribution in [0.5, 0.6) is 17.4 Å². The summed E-state index contributed by atoms with van der Waals surface area (Å²) in [6.07, 6.45) is 4.40. The van der Waals surface area contributed by atoms with E-state index >= 15 is 0 Å². The van der Waals surface area contributed by atoms with Crippen LogP contribution in [-0.4, -0.2) is 42.5 Å². The van der Waals surface area contributed by atoms with Crippen molar-refractivity contribution in [1.82, 2.24) is 9.71 Å². The molecular formula is C33H33N3O7S. The van der Waals surface area contributed by atoms with Crippen molar-refractivity contribution in [2.24, 2.45) is 0 Å². The Morgan fingerprint density at radius 2 is 1.57 bits per heavy atom. The van der Waals surface area contributed by atoms with Crippen LogP contribution >= 0.6 is 0 Å². The topological polar surface area (TPSA) is 144 Å². The molecule has 11 heteroatoms. The molecule has 0 atom stereocenters. The molecular weight excluding hydrogens is 582 g/mol. The molecule has 3 aromatic carbocycles. The Balaban J connectivity index is 1.07. The number of para-hydroxylation sites is 1. The van der Waals surface area contributed by atoms with Crippen LogP contribution in [-0.2, 0) is 21.2 Å². The molecule has 0 aliphatic heterocycles. The first-order chi connectivity index (χ1) is 21.2. The lowest BCUT2D eigenvalue weighted by atomic mass is 9.94. The maximum absolute atomic E-state index is 12.8. The number of aromatic nitrogens is 1. The molecule has 1 aliphatic carbocycles. The number of rotatable bonds is 11. The fraction of sp³-hybridized carbons (Fsp3) is 0.242. The largest absolute Gasteiger partial charge is 0.490 e. The smallest absolute Gasteiger partial charge is 0.337 e. The highest BCUT2D eigenvalue weighted by atomic mass is 32.2. The number of sulfonamides is 1. The summed E-state index contributed by atoms with van der Waals surface area (Å²) in [5.41, 5.74) is 1.62. The van der Waals surface area contributed by atoms with Crippen LogP contribution in [0.3, 0.4) is 0 Å². The fourth-order valence-corrected chi connectivity index (χ4v) is 6.62. The molecule has 228 valence electrons. The Hall–Kier alpha value is -4.74. The number of hydrogen-bond acceptors (Lipinski definition) is 7. The van der Waals surface area contributed by atoms with E-state index in [-0.39, 0.29) is 35.7 Å². The lowest BCUT2D eigenvalue weighted by Crippen LogP contribution is -2.39. The summed E-state index contributed by atoms with van der Waals surface area (Å²) >= 11 is 0. The Morgan fingerprint density at radius 1 is 0.886 bits per heavy atom. The molecule has 1 aliphatic rings. The van der Waals surface area contributed by atoms with Gasteiger partial charge in [0.05, 0.1) is 28.7 Å². The summed E-state index contributed by atoms with van der Waals surface area (Å²) in [5, 5.41) is 11.9. The number of pyridine rings is 1. The second-order valence-corrected chi connectivity index (χ2v) is 12.3. The number of benzene rings is 3. The zero-order chi connectivity index (χ0) is 31.1. The first kappa shape index (κ1) is 30.7. The summed E-state index contributed by atoms with van der Waals surface area (Å²) in [4.78, 5) is 28.4. The van der Waals surface area contributed by atoms with Crippen molar-refractivity contribution in [1.29, 1.82) is 0 Å². The molecule has 3 N–H and O–H groups in total. The van der Waals surface area contributed by atoms with E-state index in [1.165, 1.54) is 18.3 Å². The number of anilines is 1. The van der Waals surface area contributed by atoms with Gasteiger partial charge in [-0.3, -0.25) is 4.79 Å². The molecule has 44 heavy (non-hydrogen) atoms. The average Bonchev–Trinajstić information content (AvgIpc) is 3.00. The molecule has 1 amide bonds. The van der Waals surface area contributed by atoms with E-state index in [0.29, 0.717) is 40.7 Å². The predicted octanol–water partition coefficient (Wildman–Crippen LogP) is 5.73. The summed E-state index contributed by atoms with van der Waals surface area (Å²) < 4.78 is 40.4. The Kier molecular flexibility index (Phi) is 9.56. The van der Waals surface area contributed by atoms with E-state index in [9.17, 15) is 23.1 Å². The second kappa shape index (κ2) is 13.7. The standard InChI is InChI=1S/C33H33N3O7S/c1-22-6-2-5-9-30(22)44(40,41)36-24-11-13-25(14-12-24)42-26-15-17-27(18-16-26)43-32-19-10-23(21-34-32)20-31(37)35-29-8-4-3-7-28(29)33(38)39/h2-10,15-19,21,24-25,36H,11-14,20H2,1H3,(H,35,37)(H,38,39). The second-order valence-electron chi connectivity index (χ2n) is 10.6. The lowest BCUT2D eigenvalue weighted by molar-refractivity contribution is -0.115. The molecule has 4 aromatic rings. The van der Waals surface area contributed by atoms with Crippen molar-refractivity contribution in [3.63, 3.8) is 0 Å². The number of amides is 1. The van der Waals surface area contributed by atoms with Crippen LogP contribution < -0.4 is 19.5 Å². The summed E-state index contributed by atoms with van der Waals surface area (Å²) in [6, 6.07) is 23.6. The summed E-state index contributed by atoms with van der Waals surface area (Å²) in [7, 11) is -3.57. The first-order valence-corrected chi connectivity index (χ1v) is 15.7. The molecule has 1 saturated carbocycles. The van der Waals surface area contributed by atoms with Crippen LogP contribution in [0.2, 0.25) is 0 Å². The number of aryl methyl sites for hydroxylation is 1. The zero-order valence-corrected chi connectivity index (χ0v) is 24.9. The number of ether oxygens (including phenoxy) is 2. The summed E-state index contributed by atoms with van der Waals surface area (Å²) in [5.74, 6) is 0.135. The van der Waals surface area contributed by atoms with Crippen LogP contribution in [0, 0.1) is 6.92 Å². The molecule has 1 aromatic heterocycles. The number of hydrogen-bond donors (Lipinski definition) is 3. The Morgan fingerprint density at radius 3 is 2.25 bits per heavy atom. The van der Waals surface area contributed by atoms with E-state index < -0.39 is 16.0 Å². The van der Waals surface area contributed by atoms with Crippen LogP contribution in [0.15, 0.2) is 96.0 Å². The van der Waals surface area contributed by atoms with Crippen LogP contribution in [0.1, 0.15) is 47.2 Å². The van der Waals surface area contributed by atoms with Crippen molar-refractivity contribution in [2.45, 2.75) is 56.1 Å². The minimum Gasteiger partial charge on any atom is -0.490 e. The SMILES string of the molecule is Cc1ccccc1S(=O)(=O)NC1CCC(Oc2ccc(Oc3ccc(CC(=O)Nc4ccccc4C(=O)O)cn3)cc2)CC1. The first-order valence-electron chi connectivity index (χ1n) is 14.3. The molecule has 5 rings (SSSR count). The number of aromatic carboxylic acids is 1. The van der Waals surface area contributed by atoms with E-state index in [2.05, 4.69) is 15.0 Å². The molecule has 1 fully saturated rings. The highest BCUT2D eigenvalue weighted by Gasteiger charge is 2.27. The predicted molar refractivity (Wildman–Crippen MR) is 165 cm³/mol. The molecule has 0 spiro atoms. The van der Waals surface area contributed by atoms with Gasteiger partial charge >= 0.3 is 5.97 Å². The maximum atomic E-state index is 12.8. The van der Waals surface area contributed by atoms with Gasteiger partial charge in [0.2, 0.25) is 21.8 Å². The van der Waals surface area contributed by atoms with Gasteiger partial charge in [0.1, 0.15) is 11.5 Å². The number of carbonyl (C=O) groups is 2. The maximum Gasteiger partial charge on any atom is 0.337 e. The molecule has 1 heterocycles. The third-order valence-corrected chi connectivity index (χ3v) is 9.00. The Labute approximate surface area is 256 Å². The number of nitrogens with zero attached hydrogens (tertiary/aromatic N) is 1. The van der Waals surface area contributed by atoms with Gasteiger partial charge in [-0.15, -0.1) is 0 Å². The van der Waals surface area contributed by atoms with Crippen molar-refractivity contribution in [3.8, 4) is 17.4 Å². The molecule has 0 radical (unpaired) electrons. The van der Waals surface area contributed by atoms with Gasteiger partial charge in [-0.05, 0) is 86.2 Å². The monoisotopic (exact) mass is 615 g/mol. The van der Waals surface area contributed by atoms with Crippen molar-refractivity contribution >= 4 is 27.6 Å². The van der Waals surface area contributed by atoms with Crippen LogP contribution in [0.25, 0.3) is 0 Å². The van der Waals surface area contributed by atoms with Gasteiger partial charge in [-0.2, -0.15) is 0 Å². The fourth-order valence-electron chi connectivity index (χ4n) is 5.07. The van der Waals surface area contributed by atoms with E-state index in [1.807, 2.05) is 18.2 Å². The molecule has 10 nitrogen and oxygen atoms in total. The Bertz CT molecular complexity index is 1720. The zero-order valence-electron chi connectivity index (χ0n) is 24.1. The van der Waals surface area contributed by atoms with Gasteiger partial charge in [-0.25, -0.2) is 22.9 Å². The average molecular weight is 616 g/mol. The van der Waals surface area contributed by atoms with Crippen LogP contribution in [0.4, 0.5) is 5.69 Å². The van der Waals surface area contributed by atoms with E-state index in [1.54, 1.807) is 61.5 Å². The van der Waals surface area contributed by atoms with Gasteiger partial charge < -0.3 is 19.9 Å². The van der Waals surface area contributed by atoms with Gasteiger partial charge in [-0.1, -0.05) is 36.4 Å². The van der Waals surface area contributed by atoms with Crippen molar-refractivity contribution in [3.05, 3.63) is 108 Å². The third kappa shape index (κ3) is 8.00. The quantitative estimate of drug-likeness (QED) is 0.194. The highest BCUT2D eigenvalue weighted by Crippen LogP contribution is 2.28. The van der Waals surface area contributed by atoms with Crippen molar-refractivity contribution < 1.29 is 32.6 Å². The number of carboxylic acid groups (broad SMARTS) is 1. The molecule has 0 bridgehead atoms. The van der Waals surface area contributed by atoms with E-state index in [4.69, 9.17) is 9.47 Å². The van der Waals surface area contributed by atoms with Gasteiger partial charge in [0.15, 0.2) is 0 Å². The van der Waals surface area contributed by atoms with Gasteiger partial charge in [0, 0.05) is 18.3 Å². The minimum atomic E-state index is -3.57. The molecule has 0 unspecified atom stereocenters. The molecule has 0 saturated heterocycles. The minimum absolute atomic E-state index is 0.00926. The normalized spacial score (nSPS) is 16.6. The lowest BCUT2D eigenvalue weighted by Gasteiger charge is -2.29. The number of carboxylic acids is 1. The highest BCUT2D eigenvalue weighted by molar-refractivity contribution is 7.89. The number of nitrogens with one attached hydrogen (secondary N) is 2. The van der Waals surface area contributed by atoms with Gasteiger partial charge in [0.25, 0.3) is 0 Å². The summed E-state index contributed by atoms with van der Waals surface area (Å²) in [6.45, 7) is 1.79. The van der Waals surface area contributed by atoms with E-state index in [0.717, 1.165) is 18.4 Å². The third-order valence-electron chi connectivity index (χ3n) is 7.32. The number of carbonyl (C=O) groups excluding carboxylic acids is 1.